The number of rotatable bonds is 2. The lowest BCUT2D eigenvalue weighted by Crippen LogP contribution is -2.20. The zero-order chi connectivity index (χ0) is 12.5. The second-order valence-electron chi connectivity index (χ2n) is 4.10. The predicted molar refractivity (Wildman–Crippen MR) is 71.1 cm³/mol. The Hall–Kier alpha value is -2.01. The van der Waals surface area contributed by atoms with Gasteiger partial charge in [0.1, 0.15) is 4.83 Å². The van der Waals surface area contributed by atoms with Gasteiger partial charge in [-0.15, -0.1) is 16.4 Å². The van der Waals surface area contributed by atoms with E-state index in [1.165, 1.54) is 16.9 Å². The van der Waals surface area contributed by atoms with Gasteiger partial charge in [-0.05, 0) is 12.5 Å². The van der Waals surface area contributed by atoms with Gasteiger partial charge in [0, 0.05) is 17.5 Å². The molecule has 0 saturated carbocycles. The lowest BCUT2D eigenvalue weighted by atomic mass is 10.1. The van der Waals surface area contributed by atoms with Crippen molar-refractivity contribution in [1.29, 1.82) is 0 Å². The number of nitrogens with zero attached hydrogens (tertiary/aromatic N) is 3. The van der Waals surface area contributed by atoms with Crippen LogP contribution in [0.25, 0.3) is 4.83 Å². The van der Waals surface area contributed by atoms with Crippen LogP contribution in [0.4, 0.5) is 0 Å². The van der Waals surface area contributed by atoms with Crippen LogP contribution in [-0.2, 0) is 6.42 Å². The van der Waals surface area contributed by atoms with Crippen LogP contribution in [0.5, 0.6) is 0 Å². The molecule has 0 amide bonds. The zero-order valence-electron chi connectivity index (χ0n) is 9.83. The molecule has 0 spiro atoms. The van der Waals surface area contributed by atoms with Crippen LogP contribution in [0.3, 0.4) is 0 Å². The third-order valence-corrected chi connectivity index (χ3v) is 3.90. The monoisotopic (exact) mass is 257 g/mol. The molecule has 5 heteroatoms. The largest absolute Gasteiger partial charge is 0.371 e. The van der Waals surface area contributed by atoms with E-state index in [4.69, 9.17) is 0 Å². The predicted octanol–water partition coefficient (Wildman–Crippen LogP) is 2.05. The molecule has 0 fully saturated rings. The Morgan fingerprint density at radius 2 is 2.00 bits per heavy atom. The van der Waals surface area contributed by atoms with Gasteiger partial charge in [0.25, 0.3) is 0 Å². The van der Waals surface area contributed by atoms with Crippen molar-refractivity contribution in [1.82, 2.24) is 14.6 Å². The van der Waals surface area contributed by atoms with Gasteiger partial charge >= 0.3 is 5.69 Å². The molecule has 2 aromatic heterocycles. The number of aromatic nitrogens is 3. The number of benzene rings is 1. The minimum Gasteiger partial charge on any atom is -0.251 e. The van der Waals surface area contributed by atoms with Crippen LogP contribution < -0.4 is 5.69 Å². The van der Waals surface area contributed by atoms with Crippen molar-refractivity contribution in [3.05, 3.63) is 63.1 Å². The van der Waals surface area contributed by atoms with Crippen LogP contribution in [0.2, 0.25) is 0 Å². The van der Waals surface area contributed by atoms with Gasteiger partial charge in [0.15, 0.2) is 0 Å². The van der Waals surface area contributed by atoms with Gasteiger partial charge in [-0.1, -0.05) is 35.4 Å². The van der Waals surface area contributed by atoms with Gasteiger partial charge in [0.2, 0.25) is 0 Å². The highest BCUT2D eigenvalue weighted by Gasteiger charge is 2.09. The molecule has 0 unspecified atom stereocenters. The molecule has 18 heavy (non-hydrogen) atoms. The smallest absolute Gasteiger partial charge is 0.251 e. The molecular formula is C13H11N3OS. The van der Waals surface area contributed by atoms with E-state index in [9.17, 15) is 4.79 Å². The summed E-state index contributed by atoms with van der Waals surface area (Å²) in [6.45, 7) is 1.87. The van der Waals surface area contributed by atoms with Crippen molar-refractivity contribution in [3.8, 4) is 0 Å². The van der Waals surface area contributed by atoms with Crippen LogP contribution in [0, 0.1) is 6.92 Å². The third-order valence-electron chi connectivity index (χ3n) is 2.81. The third kappa shape index (κ3) is 1.82. The lowest BCUT2D eigenvalue weighted by molar-refractivity contribution is 0.839. The highest BCUT2D eigenvalue weighted by atomic mass is 32.1. The van der Waals surface area contributed by atoms with Gasteiger partial charge in [0.05, 0.1) is 5.69 Å². The van der Waals surface area contributed by atoms with Crippen molar-refractivity contribution in [2.24, 2.45) is 0 Å². The fourth-order valence-electron chi connectivity index (χ4n) is 1.95. The summed E-state index contributed by atoms with van der Waals surface area (Å²) in [7, 11) is 0. The first-order valence-electron chi connectivity index (χ1n) is 5.62. The maximum atomic E-state index is 11.8. The lowest BCUT2D eigenvalue weighted by Gasteiger charge is -2.01. The highest BCUT2D eigenvalue weighted by molar-refractivity contribution is 7.15. The van der Waals surface area contributed by atoms with Crippen LogP contribution >= 0.6 is 11.3 Å². The normalized spacial score (nSPS) is 10.9. The van der Waals surface area contributed by atoms with E-state index in [1.807, 2.05) is 30.5 Å². The van der Waals surface area contributed by atoms with E-state index in [0.717, 1.165) is 22.6 Å². The average Bonchev–Trinajstić information content (AvgIpc) is 2.80. The first kappa shape index (κ1) is 11.1. The minimum atomic E-state index is -0.303. The van der Waals surface area contributed by atoms with Gasteiger partial charge in [-0.25, -0.2) is 4.79 Å². The van der Waals surface area contributed by atoms with E-state index < -0.39 is 0 Å². The Balaban J connectivity index is 2.14. The topological polar surface area (TPSA) is 47.3 Å². The van der Waals surface area contributed by atoms with Crippen molar-refractivity contribution in [2.75, 3.05) is 0 Å². The summed E-state index contributed by atoms with van der Waals surface area (Å²) in [5, 5.41) is 9.50. The van der Waals surface area contributed by atoms with E-state index >= 15 is 0 Å². The molecule has 90 valence electrons. The Morgan fingerprint density at radius 1 is 1.22 bits per heavy atom. The Morgan fingerprint density at radius 3 is 2.78 bits per heavy atom. The summed E-state index contributed by atoms with van der Waals surface area (Å²) < 4.78 is 1.65. The molecular weight excluding hydrogens is 246 g/mol. The molecule has 0 aliphatic heterocycles. The minimum absolute atomic E-state index is 0.303. The average molecular weight is 257 g/mol. The summed E-state index contributed by atoms with van der Waals surface area (Å²) in [5.41, 5.74) is 2.63. The summed E-state index contributed by atoms with van der Waals surface area (Å²) in [4.78, 5) is 12.7. The zero-order valence-corrected chi connectivity index (χ0v) is 10.6. The quantitative estimate of drug-likeness (QED) is 0.706. The van der Waals surface area contributed by atoms with Gasteiger partial charge < -0.3 is 0 Å². The Bertz CT molecular complexity index is 746. The number of fused-ring (bicyclic) bond motifs is 1. The Labute approximate surface area is 108 Å². The molecule has 3 aromatic rings. The fourth-order valence-corrected chi connectivity index (χ4v) is 2.90. The molecule has 1 aromatic carbocycles. The molecule has 0 aliphatic rings. The molecule has 4 nitrogen and oxygen atoms in total. The summed E-state index contributed by atoms with van der Waals surface area (Å²) in [5.74, 6) is 0. The number of aryl methyl sites for hydroxylation is 1. The number of thiazole rings is 1. The molecule has 3 rings (SSSR count). The van der Waals surface area contributed by atoms with Crippen molar-refractivity contribution >= 4 is 16.2 Å². The van der Waals surface area contributed by atoms with Gasteiger partial charge in [-0.3, -0.25) is 4.40 Å². The SMILES string of the molecule is Cc1nnc(=O)n2c(Cc3ccccc3)csc12. The first-order valence-corrected chi connectivity index (χ1v) is 6.50. The number of hydrogen-bond acceptors (Lipinski definition) is 4. The van der Waals surface area contributed by atoms with Crippen molar-refractivity contribution < 1.29 is 0 Å². The molecule has 0 N–H and O–H groups in total. The van der Waals surface area contributed by atoms with E-state index in [1.54, 1.807) is 4.40 Å². The van der Waals surface area contributed by atoms with Crippen LogP contribution in [-0.4, -0.2) is 14.6 Å². The molecule has 2 heterocycles. The molecule has 0 atom stereocenters. The van der Waals surface area contributed by atoms with E-state index in [2.05, 4.69) is 22.3 Å². The first-order chi connectivity index (χ1) is 8.75. The Kier molecular flexibility index (Phi) is 2.68. The second-order valence-corrected chi connectivity index (χ2v) is 4.96. The van der Waals surface area contributed by atoms with Crippen molar-refractivity contribution in [3.63, 3.8) is 0 Å². The maximum absolute atomic E-state index is 11.8. The second kappa shape index (κ2) is 4.34. The summed E-state index contributed by atoms with van der Waals surface area (Å²) in [6.07, 6.45) is 0.728. The number of hydrogen-bond donors (Lipinski definition) is 0. The molecule has 0 aliphatic carbocycles. The highest BCUT2D eigenvalue weighted by Crippen LogP contribution is 2.18. The molecule has 0 saturated heterocycles. The van der Waals surface area contributed by atoms with Crippen molar-refractivity contribution in [2.45, 2.75) is 13.3 Å². The molecule has 0 radical (unpaired) electrons. The van der Waals surface area contributed by atoms with Crippen LogP contribution in [0.1, 0.15) is 17.0 Å². The van der Waals surface area contributed by atoms with E-state index in [-0.39, 0.29) is 5.69 Å². The molecule has 0 bridgehead atoms. The summed E-state index contributed by atoms with van der Waals surface area (Å²) in [6, 6.07) is 10.1. The van der Waals surface area contributed by atoms with Crippen LogP contribution in [0.15, 0.2) is 40.5 Å². The fraction of sp³-hybridized carbons (Fsp3) is 0.154. The summed E-state index contributed by atoms with van der Waals surface area (Å²) >= 11 is 1.53. The maximum Gasteiger partial charge on any atom is 0.371 e. The van der Waals surface area contributed by atoms with E-state index in [0.29, 0.717) is 0 Å². The van der Waals surface area contributed by atoms with Gasteiger partial charge in [-0.2, -0.15) is 0 Å². The standard InChI is InChI=1S/C13H11N3OS/c1-9-12-16(13(17)15-14-9)11(8-18-12)7-10-5-3-2-4-6-10/h2-6,8H,7H2,1H3.